The molecular formula is C16H29N3O. The van der Waals surface area contributed by atoms with Gasteiger partial charge in [0.25, 0.3) is 0 Å². The molecule has 4 heteroatoms. The van der Waals surface area contributed by atoms with Crippen LogP contribution in [0.1, 0.15) is 57.3 Å². The van der Waals surface area contributed by atoms with Crippen LogP contribution in [-0.2, 0) is 19.4 Å². The van der Waals surface area contributed by atoms with Crippen LogP contribution in [0.3, 0.4) is 0 Å². The van der Waals surface area contributed by atoms with E-state index in [4.69, 9.17) is 0 Å². The quantitative estimate of drug-likeness (QED) is 0.767. The van der Waals surface area contributed by atoms with Gasteiger partial charge in [-0.25, -0.2) is 4.98 Å². The van der Waals surface area contributed by atoms with Gasteiger partial charge in [-0.3, -0.25) is 0 Å². The Morgan fingerprint density at radius 2 is 2.15 bits per heavy atom. The summed E-state index contributed by atoms with van der Waals surface area (Å²) in [4.78, 5) is 4.55. The minimum absolute atomic E-state index is 0.102. The Morgan fingerprint density at radius 1 is 1.35 bits per heavy atom. The SMILES string of the molecule is CCNC(CC)(CO)CCCn1cnc2c1CCCC2. The number of aryl methyl sites for hydroxylation is 2. The lowest BCUT2D eigenvalue weighted by Crippen LogP contribution is -2.48. The van der Waals surface area contributed by atoms with Crippen molar-refractivity contribution in [1.82, 2.24) is 14.9 Å². The van der Waals surface area contributed by atoms with Crippen molar-refractivity contribution < 1.29 is 5.11 Å². The van der Waals surface area contributed by atoms with Gasteiger partial charge in [0.05, 0.1) is 18.6 Å². The van der Waals surface area contributed by atoms with Crippen LogP contribution in [0, 0.1) is 0 Å². The molecule has 0 saturated heterocycles. The van der Waals surface area contributed by atoms with E-state index < -0.39 is 0 Å². The predicted molar refractivity (Wildman–Crippen MR) is 81.9 cm³/mol. The lowest BCUT2D eigenvalue weighted by atomic mass is 9.91. The first kappa shape index (κ1) is 15.5. The van der Waals surface area contributed by atoms with E-state index in [1.165, 1.54) is 30.7 Å². The number of nitrogens with zero attached hydrogens (tertiary/aromatic N) is 2. The fraction of sp³-hybridized carbons (Fsp3) is 0.812. The average molecular weight is 279 g/mol. The lowest BCUT2D eigenvalue weighted by Gasteiger charge is -2.32. The van der Waals surface area contributed by atoms with Crippen LogP contribution in [0.15, 0.2) is 6.33 Å². The number of aliphatic hydroxyl groups is 1. The summed E-state index contributed by atoms with van der Waals surface area (Å²) in [7, 11) is 0. The minimum atomic E-state index is -0.102. The molecule has 1 atom stereocenters. The number of aromatic nitrogens is 2. The summed E-state index contributed by atoms with van der Waals surface area (Å²) < 4.78 is 2.33. The largest absolute Gasteiger partial charge is 0.394 e. The van der Waals surface area contributed by atoms with Crippen molar-refractivity contribution in [3.63, 3.8) is 0 Å². The van der Waals surface area contributed by atoms with E-state index in [0.717, 1.165) is 38.8 Å². The third-order valence-corrected chi connectivity index (χ3v) is 4.70. The van der Waals surface area contributed by atoms with E-state index in [-0.39, 0.29) is 12.1 Å². The highest BCUT2D eigenvalue weighted by atomic mass is 16.3. The molecule has 0 bridgehead atoms. The van der Waals surface area contributed by atoms with Crippen LogP contribution < -0.4 is 5.32 Å². The molecule has 0 spiro atoms. The van der Waals surface area contributed by atoms with Gasteiger partial charge < -0.3 is 15.0 Å². The Labute approximate surface area is 122 Å². The molecule has 20 heavy (non-hydrogen) atoms. The van der Waals surface area contributed by atoms with Gasteiger partial charge in [0.2, 0.25) is 0 Å². The number of aliphatic hydroxyl groups excluding tert-OH is 1. The molecule has 1 unspecified atom stereocenters. The van der Waals surface area contributed by atoms with Gasteiger partial charge in [0, 0.05) is 17.8 Å². The van der Waals surface area contributed by atoms with E-state index in [0.29, 0.717) is 0 Å². The van der Waals surface area contributed by atoms with Gasteiger partial charge in [0.1, 0.15) is 0 Å². The highest BCUT2D eigenvalue weighted by Crippen LogP contribution is 2.22. The summed E-state index contributed by atoms with van der Waals surface area (Å²) in [6.07, 6.45) is 10.00. The van der Waals surface area contributed by atoms with Crippen molar-refractivity contribution in [3.05, 3.63) is 17.7 Å². The number of fused-ring (bicyclic) bond motifs is 1. The van der Waals surface area contributed by atoms with Gasteiger partial charge in [-0.2, -0.15) is 0 Å². The number of hydrogen-bond donors (Lipinski definition) is 2. The van der Waals surface area contributed by atoms with Crippen LogP contribution in [0.5, 0.6) is 0 Å². The van der Waals surface area contributed by atoms with Gasteiger partial charge in [-0.15, -0.1) is 0 Å². The summed E-state index contributed by atoms with van der Waals surface area (Å²) in [5.74, 6) is 0. The standard InChI is InChI=1S/C16H29N3O/c1-3-16(12-20,18-4-2)10-7-11-19-13-17-14-8-5-6-9-15(14)19/h13,18,20H,3-12H2,1-2H3. The van der Waals surface area contributed by atoms with Crippen molar-refractivity contribution >= 4 is 0 Å². The molecule has 1 aliphatic carbocycles. The monoisotopic (exact) mass is 279 g/mol. The second-order valence-electron chi connectivity index (χ2n) is 5.96. The molecule has 4 nitrogen and oxygen atoms in total. The van der Waals surface area contributed by atoms with Gasteiger partial charge >= 0.3 is 0 Å². The Bertz CT molecular complexity index is 410. The van der Waals surface area contributed by atoms with Crippen molar-refractivity contribution in [2.75, 3.05) is 13.2 Å². The maximum atomic E-state index is 9.68. The summed E-state index contributed by atoms with van der Waals surface area (Å²) >= 11 is 0. The molecule has 0 radical (unpaired) electrons. The van der Waals surface area contributed by atoms with Gasteiger partial charge in [0.15, 0.2) is 0 Å². The fourth-order valence-electron chi connectivity index (χ4n) is 3.32. The summed E-state index contributed by atoms with van der Waals surface area (Å²) in [5, 5.41) is 13.1. The van der Waals surface area contributed by atoms with Crippen LogP contribution in [0.4, 0.5) is 0 Å². The van der Waals surface area contributed by atoms with Crippen LogP contribution in [0.25, 0.3) is 0 Å². The topological polar surface area (TPSA) is 50.1 Å². The number of likely N-dealkylation sites (N-methyl/N-ethyl adjacent to an activating group) is 1. The average Bonchev–Trinajstić information content (AvgIpc) is 2.90. The molecule has 0 aromatic carbocycles. The molecule has 1 heterocycles. The van der Waals surface area contributed by atoms with Gasteiger partial charge in [-0.05, 0) is 51.5 Å². The normalized spacial score (nSPS) is 17.8. The van der Waals surface area contributed by atoms with E-state index in [9.17, 15) is 5.11 Å². The third-order valence-electron chi connectivity index (χ3n) is 4.70. The van der Waals surface area contributed by atoms with Crippen molar-refractivity contribution in [1.29, 1.82) is 0 Å². The van der Waals surface area contributed by atoms with E-state index in [1.807, 2.05) is 6.33 Å². The molecule has 1 aliphatic rings. The first-order valence-corrected chi connectivity index (χ1v) is 8.13. The highest BCUT2D eigenvalue weighted by molar-refractivity contribution is 5.16. The molecule has 1 aromatic rings. The second-order valence-corrected chi connectivity index (χ2v) is 5.96. The molecule has 114 valence electrons. The van der Waals surface area contributed by atoms with Crippen molar-refractivity contribution in [2.24, 2.45) is 0 Å². The smallest absolute Gasteiger partial charge is 0.0951 e. The molecule has 1 aromatic heterocycles. The predicted octanol–water partition coefficient (Wildman–Crippen LogP) is 2.29. The second kappa shape index (κ2) is 7.23. The highest BCUT2D eigenvalue weighted by Gasteiger charge is 2.25. The number of imidazole rings is 1. The zero-order chi connectivity index (χ0) is 14.4. The molecule has 2 rings (SSSR count). The Morgan fingerprint density at radius 3 is 2.85 bits per heavy atom. The first-order valence-electron chi connectivity index (χ1n) is 8.13. The molecule has 0 fully saturated rings. The van der Waals surface area contributed by atoms with Crippen molar-refractivity contribution in [2.45, 2.75) is 70.9 Å². The minimum Gasteiger partial charge on any atom is -0.394 e. The number of nitrogens with one attached hydrogen (secondary N) is 1. The first-order chi connectivity index (χ1) is 9.74. The lowest BCUT2D eigenvalue weighted by molar-refractivity contribution is 0.144. The molecular weight excluding hydrogens is 250 g/mol. The summed E-state index contributed by atoms with van der Waals surface area (Å²) in [6, 6.07) is 0. The van der Waals surface area contributed by atoms with E-state index in [2.05, 4.69) is 28.7 Å². The Kier molecular flexibility index (Phi) is 5.61. The van der Waals surface area contributed by atoms with Crippen LogP contribution in [-0.4, -0.2) is 33.3 Å². The summed E-state index contributed by atoms with van der Waals surface area (Å²) in [6.45, 7) is 6.41. The van der Waals surface area contributed by atoms with Gasteiger partial charge in [-0.1, -0.05) is 13.8 Å². The molecule has 0 amide bonds. The maximum Gasteiger partial charge on any atom is 0.0951 e. The maximum absolute atomic E-state index is 9.68. The fourth-order valence-corrected chi connectivity index (χ4v) is 3.32. The van der Waals surface area contributed by atoms with E-state index in [1.54, 1.807) is 0 Å². The van der Waals surface area contributed by atoms with Crippen molar-refractivity contribution in [3.8, 4) is 0 Å². The molecule has 0 saturated carbocycles. The van der Waals surface area contributed by atoms with Crippen LogP contribution in [0.2, 0.25) is 0 Å². The van der Waals surface area contributed by atoms with E-state index >= 15 is 0 Å². The third kappa shape index (κ3) is 3.41. The zero-order valence-electron chi connectivity index (χ0n) is 13.0. The van der Waals surface area contributed by atoms with Crippen LogP contribution >= 0.6 is 0 Å². The molecule has 2 N–H and O–H groups in total. The Balaban J connectivity index is 1.90. The zero-order valence-corrected chi connectivity index (χ0v) is 13.0. The number of hydrogen-bond acceptors (Lipinski definition) is 3. The Hall–Kier alpha value is -0.870. The number of rotatable bonds is 8. The molecule has 0 aliphatic heterocycles. The summed E-state index contributed by atoms with van der Waals surface area (Å²) in [5.41, 5.74) is 2.66.